The van der Waals surface area contributed by atoms with Crippen molar-refractivity contribution in [1.29, 1.82) is 0 Å². The summed E-state index contributed by atoms with van der Waals surface area (Å²) in [4.78, 5) is 27.5. The van der Waals surface area contributed by atoms with Gasteiger partial charge in [0.15, 0.2) is 0 Å². The monoisotopic (exact) mass is 392 g/mol. The van der Waals surface area contributed by atoms with Crippen molar-refractivity contribution >= 4 is 23.1 Å². The second-order valence-electron chi connectivity index (χ2n) is 7.72. The number of hydrogen-bond donors (Lipinski definition) is 1. The first-order valence-corrected chi connectivity index (χ1v) is 9.87. The second-order valence-corrected chi connectivity index (χ2v) is 7.72. The van der Waals surface area contributed by atoms with Crippen molar-refractivity contribution < 1.29 is 14.3 Å². The van der Waals surface area contributed by atoms with Crippen molar-refractivity contribution in [3.8, 4) is 0 Å². The molecule has 0 saturated carbocycles. The summed E-state index contributed by atoms with van der Waals surface area (Å²) >= 11 is 0. The smallest absolute Gasteiger partial charge is 0.278 e. The zero-order valence-corrected chi connectivity index (χ0v) is 17.7. The topological polar surface area (TPSA) is 58.6 Å². The number of nitrogens with one attached hydrogen (secondary N) is 1. The number of benzene rings is 2. The van der Waals surface area contributed by atoms with E-state index in [-0.39, 0.29) is 18.4 Å². The Morgan fingerprint density at radius 1 is 1.00 bits per heavy atom. The minimum Gasteiger partial charge on any atom is -0.383 e. The van der Waals surface area contributed by atoms with Crippen LogP contribution in [-0.2, 0) is 14.3 Å². The van der Waals surface area contributed by atoms with E-state index in [2.05, 4.69) is 19.2 Å². The molecule has 0 atom stereocenters. The fraction of sp³-hybridized carbons (Fsp3) is 0.333. The fourth-order valence-electron chi connectivity index (χ4n) is 3.52. The number of amides is 2. The van der Waals surface area contributed by atoms with Gasteiger partial charge in [-0.2, -0.15) is 0 Å². The Hall–Kier alpha value is -2.92. The summed E-state index contributed by atoms with van der Waals surface area (Å²) in [5.41, 5.74) is 5.57. The van der Waals surface area contributed by atoms with E-state index in [1.807, 2.05) is 56.3 Å². The van der Waals surface area contributed by atoms with Crippen LogP contribution in [0.5, 0.6) is 0 Å². The molecule has 2 aromatic carbocycles. The lowest BCUT2D eigenvalue weighted by Crippen LogP contribution is -2.35. The quantitative estimate of drug-likeness (QED) is 0.715. The minimum atomic E-state index is -0.324. The van der Waals surface area contributed by atoms with Gasteiger partial charge in [-0.3, -0.25) is 14.5 Å². The first-order valence-electron chi connectivity index (χ1n) is 9.87. The number of imide groups is 1. The Morgan fingerprint density at radius 3 is 2.28 bits per heavy atom. The van der Waals surface area contributed by atoms with Crippen molar-refractivity contribution in [3.05, 3.63) is 70.4 Å². The van der Waals surface area contributed by atoms with Gasteiger partial charge in [0.05, 0.1) is 18.7 Å². The lowest BCUT2D eigenvalue weighted by molar-refractivity contribution is -0.137. The number of carbonyl (C=O) groups is 2. The van der Waals surface area contributed by atoms with Crippen molar-refractivity contribution in [1.82, 2.24) is 4.90 Å². The van der Waals surface area contributed by atoms with Gasteiger partial charge in [-0.25, -0.2) is 0 Å². The molecular weight excluding hydrogens is 364 g/mol. The lowest BCUT2D eigenvalue weighted by Gasteiger charge is -2.14. The van der Waals surface area contributed by atoms with Gasteiger partial charge < -0.3 is 10.1 Å². The molecule has 2 amide bonds. The van der Waals surface area contributed by atoms with Crippen LogP contribution in [0.15, 0.2) is 48.2 Å². The zero-order valence-electron chi connectivity index (χ0n) is 17.7. The summed E-state index contributed by atoms with van der Waals surface area (Å²) in [6.07, 6.45) is 0. The van der Waals surface area contributed by atoms with Crippen LogP contribution in [0.2, 0.25) is 0 Å². The highest BCUT2D eigenvalue weighted by Crippen LogP contribution is 2.32. The molecule has 5 nitrogen and oxygen atoms in total. The molecule has 152 valence electrons. The van der Waals surface area contributed by atoms with Gasteiger partial charge in [0.1, 0.15) is 5.70 Å². The summed E-state index contributed by atoms with van der Waals surface area (Å²) in [5.74, 6) is -0.191. The number of methoxy groups -OCH3 is 1. The molecule has 0 unspecified atom stereocenters. The molecule has 1 aliphatic rings. The first-order chi connectivity index (χ1) is 13.8. The molecule has 0 aliphatic carbocycles. The molecule has 3 rings (SSSR count). The molecule has 0 spiro atoms. The van der Waals surface area contributed by atoms with E-state index in [1.165, 1.54) is 10.5 Å². The summed E-state index contributed by atoms with van der Waals surface area (Å²) in [5, 5.41) is 3.21. The van der Waals surface area contributed by atoms with E-state index < -0.39 is 0 Å². The molecule has 29 heavy (non-hydrogen) atoms. The highest BCUT2D eigenvalue weighted by Gasteiger charge is 2.39. The zero-order chi connectivity index (χ0) is 21.1. The fourth-order valence-corrected chi connectivity index (χ4v) is 3.52. The summed E-state index contributed by atoms with van der Waals surface area (Å²) in [6.45, 7) is 8.76. The average molecular weight is 392 g/mol. The van der Waals surface area contributed by atoms with Crippen LogP contribution in [-0.4, -0.2) is 37.0 Å². The predicted octanol–water partition coefficient (Wildman–Crippen LogP) is 4.27. The third kappa shape index (κ3) is 4.25. The van der Waals surface area contributed by atoms with E-state index in [4.69, 9.17) is 4.74 Å². The summed E-state index contributed by atoms with van der Waals surface area (Å²) < 4.78 is 5.08. The molecule has 0 bridgehead atoms. The molecule has 1 N–H and O–H groups in total. The van der Waals surface area contributed by atoms with Crippen LogP contribution < -0.4 is 5.32 Å². The summed E-state index contributed by atoms with van der Waals surface area (Å²) in [7, 11) is 1.55. The second kappa shape index (κ2) is 8.62. The van der Waals surface area contributed by atoms with Gasteiger partial charge in [0.2, 0.25) is 0 Å². The maximum absolute atomic E-state index is 13.2. The first kappa shape index (κ1) is 20.8. The maximum Gasteiger partial charge on any atom is 0.278 e. The van der Waals surface area contributed by atoms with Crippen molar-refractivity contribution in [3.63, 3.8) is 0 Å². The van der Waals surface area contributed by atoms with E-state index in [9.17, 15) is 9.59 Å². The predicted molar refractivity (Wildman–Crippen MR) is 116 cm³/mol. The van der Waals surface area contributed by atoms with Gasteiger partial charge in [-0.05, 0) is 48.6 Å². The van der Waals surface area contributed by atoms with Crippen LogP contribution in [0.25, 0.3) is 5.57 Å². The molecule has 1 heterocycles. The molecule has 0 aromatic heterocycles. The number of carbonyl (C=O) groups excluding carboxylic acids is 2. The van der Waals surface area contributed by atoms with Crippen molar-refractivity contribution in [2.75, 3.05) is 25.6 Å². The molecule has 5 heteroatoms. The largest absolute Gasteiger partial charge is 0.383 e. The van der Waals surface area contributed by atoms with E-state index in [1.54, 1.807) is 7.11 Å². The van der Waals surface area contributed by atoms with Crippen molar-refractivity contribution in [2.45, 2.75) is 33.6 Å². The molecule has 1 aliphatic heterocycles. The van der Waals surface area contributed by atoms with Gasteiger partial charge in [-0.1, -0.05) is 49.7 Å². The minimum absolute atomic E-state index is 0.222. The van der Waals surface area contributed by atoms with Crippen LogP contribution >= 0.6 is 0 Å². The van der Waals surface area contributed by atoms with Crippen LogP contribution in [0.3, 0.4) is 0 Å². The van der Waals surface area contributed by atoms with Crippen LogP contribution in [0.1, 0.15) is 42.0 Å². The maximum atomic E-state index is 13.2. The standard InChI is InChI=1S/C24H28N2O3/c1-15(2)18-7-9-19(10-8-18)25-22-21(20-11-6-16(3)14-17(20)4)23(27)26(24(22)28)12-13-29-5/h6-11,14-15,25H,12-13H2,1-5H3. The van der Waals surface area contributed by atoms with E-state index >= 15 is 0 Å². The number of ether oxygens (including phenoxy) is 1. The van der Waals surface area contributed by atoms with E-state index in [0.29, 0.717) is 23.8 Å². The highest BCUT2D eigenvalue weighted by atomic mass is 16.5. The Balaban J connectivity index is 2.04. The number of aryl methyl sites for hydroxylation is 2. The SMILES string of the molecule is COCCN1C(=O)C(Nc2ccc(C(C)C)cc2)=C(c2ccc(C)cc2C)C1=O. The van der Waals surface area contributed by atoms with Gasteiger partial charge >= 0.3 is 0 Å². The third-order valence-electron chi connectivity index (χ3n) is 5.18. The van der Waals surface area contributed by atoms with Gasteiger partial charge in [0.25, 0.3) is 11.8 Å². The number of hydrogen-bond acceptors (Lipinski definition) is 4. The average Bonchev–Trinajstić information content (AvgIpc) is 2.91. The molecule has 0 fully saturated rings. The number of nitrogens with zero attached hydrogens (tertiary/aromatic N) is 1. The normalized spacial score (nSPS) is 14.3. The van der Waals surface area contributed by atoms with E-state index in [0.717, 1.165) is 22.4 Å². The Labute approximate surface area is 172 Å². The molecular formula is C24H28N2O3. The molecule has 2 aromatic rings. The summed E-state index contributed by atoms with van der Waals surface area (Å²) in [6, 6.07) is 13.8. The third-order valence-corrected chi connectivity index (χ3v) is 5.18. The number of rotatable bonds is 7. The van der Waals surface area contributed by atoms with Crippen molar-refractivity contribution in [2.24, 2.45) is 0 Å². The Morgan fingerprint density at radius 2 is 1.69 bits per heavy atom. The number of anilines is 1. The molecule has 0 saturated heterocycles. The lowest BCUT2D eigenvalue weighted by atomic mass is 9.97. The van der Waals surface area contributed by atoms with Crippen LogP contribution in [0.4, 0.5) is 5.69 Å². The van der Waals surface area contributed by atoms with Crippen LogP contribution in [0, 0.1) is 13.8 Å². The van der Waals surface area contributed by atoms with Gasteiger partial charge in [0, 0.05) is 12.8 Å². The Kier molecular flexibility index (Phi) is 6.18. The van der Waals surface area contributed by atoms with Gasteiger partial charge in [-0.15, -0.1) is 0 Å². The Bertz CT molecular complexity index is 959. The molecule has 0 radical (unpaired) electrons. The highest BCUT2D eigenvalue weighted by molar-refractivity contribution is 6.36.